The van der Waals surface area contributed by atoms with Crippen LogP contribution in [-0.2, 0) is 0 Å². The van der Waals surface area contributed by atoms with Crippen molar-refractivity contribution in [3.63, 3.8) is 0 Å². The number of carbonyl (C=O) groups excluding carboxylic acids is 1. The highest BCUT2D eigenvalue weighted by molar-refractivity contribution is 5.97. The molecule has 0 N–H and O–H groups in total. The van der Waals surface area contributed by atoms with E-state index < -0.39 is 5.82 Å². The van der Waals surface area contributed by atoms with Gasteiger partial charge in [-0.15, -0.1) is 0 Å². The van der Waals surface area contributed by atoms with Gasteiger partial charge in [-0.05, 0) is 51.8 Å². The van der Waals surface area contributed by atoms with Gasteiger partial charge in [0.2, 0.25) is 0 Å². The topological polar surface area (TPSA) is 58.6 Å². The lowest BCUT2D eigenvalue weighted by Crippen LogP contribution is -2.36. The van der Waals surface area contributed by atoms with E-state index in [1.54, 1.807) is 11.1 Å². The summed E-state index contributed by atoms with van der Waals surface area (Å²) in [6.45, 7) is 8.09. The lowest BCUT2D eigenvalue weighted by molar-refractivity contribution is 0.0713. The van der Waals surface area contributed by atoms with Crippen molar-refractivity contribution < 1.29 is 13.9 Å². The Morgan fingerprint density at radius 3 is 2.70 bits per heavy atom. The average molecular weight is 372 g/mol. The summed E-state index contributed by atoms with van der Waals surface area (Å²) >= 11 is 0. The molecule has 2 heterocycles. The predicted molar refractivity (Wildman–Crippen MR) is 102 cm³/mol. The van der Waals surface area contributed by atoms with Crippen molar-refractivity contribution in [3.8, 4) is 11.5 Å². The number of hydrogen-bond acceptors (Lipinski definition) is 5. The van der Waals surface area contributed by atoms with E-state index in [0.717, 1.165) is 25.9 Å². The van der Waals surface area contributed by atoms with Crippen molar-refractivity contribution in [2.45, 2.75) is 39.7 Å². The van der Waals surface area contributed by atoms with E-state index in [0.29, 0.717) is 23.9 Å². The number of aromatic nitrogens is 2. The van der Waals surface area contributed by atoms with Gasteiger partial charge in [0.1, 0.15) is 17.9 Å². The van der Waals surface area contributed by atoms with Gasteiger partial charge in [-0.3, -0.25) is 4.79 Å². The smallest absolute Gasteiger partial charge is 0.257 e. The number of anilines is 1. The second-order valence-electron chi connectivity index (χ2n) is 6.83. The van der Waals surface area contributed by atoms with Crippen LogP contribution < -0.4 is 9.64 Å². The molecular formula is C20H25FN4O2. The molecule has 27 heavy (non-hydrogen) atoms. The maximum absolute atomic E-state index is 13.9. The first-order valence-corrected chi connectivity index (χ1v) is 9.34. The summed E-state index contributed by atoms with van der Waals surface area (Å²) < 4.78 is 19.9. The number of amides is 1. The van der Waals surface area contributed by atoms with E-state index in [2.05, 4.69) is 14.9 Å². The van der Waals surface area contributed by atoms with Crippen LogP contribution in [0.4, 0.5) is 10.2 Å². The van der Waals surface area contributed by atoms with E-state index in [4.69, 9.17) is 4.74 Å². The number of halogens is 1. The van der Waals surface area contributed by atoms with Crippen molar-refractivity contribution in [3.05, 3.63) is 42.1 Å². The highest BCUT2D eigenvalue weighted by atomic mass is 19.1. The first-order valence-electron chi connectivity index (χ1n) is 9.34. The van der Waals surface area contributed by atoms with E-state index in [1.165, 1.54) is 24.5 Å². The zero-order chi connectivity index (χ0) is 19.4. The summed E-state index contributed by atoms with van der Waals surface area (Å²) in [7, 11) is 0. The Labute approximate surface area is 159 Å². The minimum absolute atomic E-state index is 0.00108. The Morgan fingerprint density at radius 2 is 2.04 bits per heavy atom. The van der Waals surface area contributed by atoms with Gasteiger partial charge in [0.15, 0.2) is 11.6 Å². The molecule has 144 valence electrons. The molecule has 0 spiro atoms. The van der Waals surface area contributed by atoms with Crippen LogP contribution in [-0.4, -0.2) is 46.5 Å². The van der Waals surface area contributed by atoms with Gasteiger partial charge in [0.05, 0.1) is 11.8 Å². The van der Waals surface area contributed by atoms with Crippen LogP contribution in [0, 0.1) is 5.82 Å². The Morgan fingerprint density at radius 1 is 1.30 bits per heavy atom. The summed E-state index contributed by atoms with van der Waals surface area (Å²) in [5.41, 5.74) is 0.196. The standard InChI is InChI=1S/C20H25FN4O2/c1-4-25(14(2)3)20(26)16-11-15(21)7-8-17(16)27-18-12-22-13-23-19(18)24-9-5-6-10-24/h7-8,11-14H,4-6,9-10H2,1-3H3. The number of benzene rings is 1. The second-order valence-corrected chi connectivity index (χ2v) is 6.83. The fourth-order valence-electron chi connectivity index (χ4n) is 3.32. The second kappa shape index (κ2) is 8.33. The third-order valence-electron chi connectivity index (χ3n) is 4.68. The van der Waals surface area contributed by atoms with Crippen LogP contribution in [0.2, 0.25) is 0 Å². The number of rotatable bonds is 6. The normalized spacial score (nSPS) is 13.9. The van der Waals surface area contributed by atoms with Crippen LogP contribution in [0.15, 0.2) is 30.7 Å². The molecular weight excluding hydrogens is 347 g/mol. The molecule has 0 atom stereocenters. The molecule has 1 fully saturated rings. The molecule has 2 aromatic rings. The number of ether oxygens (including phenoxy) is 1. The first kappa shape index (κ1) is 19.1. The average Bonchev–Trinajstić information content (AvgIpc) is 3.18. The van der Waals surface area contributed by atoms with Crippen molar-refractivity contribution >= 4 is 11.7 Å². The van der Waals surface area contributed by atoms with Crippen molar-refractivity contribution in [2.75, 3.05) is 24.5 Å². The van der Waals surface area contributed by atoms with E-state index in [1.807, 2.05) is 20.8 Å². The largest absolute Gasteiger partial charge is 0.451 e. The predicted octanol–water partition coefficient (Wildman–Crippen LogP) is 3.88. The third kappa shape index (κ3) is 4.18. The highest BCUT2D eigenvalue weighted by Gasteiger charge is 2.24. The zero-order valence-electron chi connectivity index (χ0n) is 16.0. The molecule has 0 saturated carbocycles. The van der Waals surface area contributed by atoms with Crippen molar-refractivity contribution in [2.24, 2.45) is 0 Å². The SMILES string of the molecule is CCN(C(=O)c1cc(F)ccc1Oc1cncnc1N1CCCC1)C(C)C. The number of hydrogen-bond donors (Lipinski definition) is 0. The lowest BCUT2D eigenvalue weighted by Gasteiger charge is -2.26. The van der Waals surface area contributed by atoms with E-state index >= 15 is 0 Å². The minimum Gasteiger partial charge on any atom is -0.451 e. The zero-order valence-corrected chi connectivity index (χ0v) is 16.0. The molecule has 0 radical (unpaired) electrons. The molecule has 7 heteroatoms. The van der Waals surface area contributed by atoms with Crippen LogP contribution >= 0.6 is 0 Å². The van der Waals surface area contributed by atoms with Crippen molar-refractivity contribution in [1.29, 1.82) is 0 Å². The summed E-state index contributed by atoms with van der Waals surface area (Å²) in [6.07, 6.45) is 5.26. The van der Waals surface area contributed by atoms with Gasteiger partial charge < -0.3 is 14.5 Å². The molecule has 3 rings (SSSR count). The summed E-state index contributed by atoms with van der Waals surface area (Å²) in [5.74, 6) is 0.723. The van der Waals surface area contributed by atoms with Crippen molar-refractivity contribution in [1.82, 2.24) is 14.9 Å². The highest BCUT2D eigenvalue weighted by Crippen LogP contribution is 2.33. The Bertz CT molecular complexity index is 806. The van der Waals surface area contributed by atoms with Gasteiger partial charge in [-0.2, -0.15) is 0 Å². The Hall–Kier alpha value is -2.70. The molecule has 1 aromatic carbocycles. The maximum Gasteiger partial charge on any atom is 0.257 e. The van der Waals surface area contributed by atoms with Gasteiger partial charge >= 0.3 is 0 Å². The molecule has 0 unspecified atom stereocenters. The molecule has 0 bridgehead atoms. The number of carbonyl (C=O) groups is 1. The Kier molecular flexibility index (Phi) is 5.88. The van der Waals surface area contributed by atoms with Gasteiger partial charge in [-0.25, -0.2) is 14.4 Å². The Balaban J connectivity index is 1.96. The molecule has 1 aliphatic heterocycles. The maximum atomic E-state index is 13.9. The summed E-state index contributed by atoms with van der Waals surface area (Å²) in [4.78, 5) is 25.2. The molecule has 1 amide bonds. The fourth-order valence-corrected chi connectivity index (χ4v) is 3.32. The number of nitrogens with zero attached hydrogens (tertiary/aromatic N) is 4. The third-order valence-corrected chi connectivity index (χ3v) is 4.68. The van der Waals surface area contributed by atoms with Crippen LogP contribution in [0.1, 0.15) is 44.0 Å². The summed E-state index contributed by atoms with van der Waals surface area (Å²) in [6, 6.07) is 4.00. The molecule has 1 saturated heterocycles. The van der Waals surface area contributed by atoms with Gasteiger partial charge in [-0.1, -0.05) is 0 Å². The van der Waals surface area contributed by atoms with Crippen LogP contribution in [0.3, 0.4) is 0 Å². The molecule has 1 aromatic heterocycles. The molecule has 1 aliphatic rings. The molecule has 0 aliphatic carbocycles. The fraction of sp³-hybridized carbons (Fsp3) is 0.450. The van der Waals surface area contributed by atoms with Gasteiger partial charge in [0.25, 0.3) is 5.91 Å². The monoisotopic (exact) mass is 372 g/mol. The van der Waals surface area contributed by atoms with E-state index in [9.17, 15) is 9.18 Å². The lowest BCUT2D eigenvalue weighted by atomic mass is 10.1. The summed E-state index contributed by atoms with van der Waals surface area (Å²) in [5, 5.41) is 0. The van der Waals surface area contributed by atoms with E-state index in [-0.39, 0.29) is 17.5 Å². The first-order chi connectivity index (χ1) is 13.0. The molecule has 6 nitrogen and oxygen atoms in total. The quantitative estimate of drug-likeness (QED) is 0.770. The van der Waals surface area contributed by atoms with Crippen LogP contribution in [0.5, 0.6) is 11.5 Å². The van der Waals surface area contributed by atoms with Gasteiger partial charge in [0, 0.05) is 25.7 Å². The minimum atomic E-state index is -0.477. The van der Waals surface area contributed by atoms with Crippen LogP contribution in [0.25, 0.3) is 0 Å².